The molecule has 23 heavy (non-hydrogen) atoms. The minimum Gasteiger partial charge on any atom is -0.309 e. The molecule has 0 radical (unpaired) electrons. The van der Waals surface area contributed by atoms with Crippen molar-refractivity contribution in [2.24, 2.45) is 0 Å². The standard InChI is InChI=1S/C19H20FN3/c20-16-10-5-4-7-14(16)13-18-22-17-11-6-12-21-19(17)23(18)15-8-2-1-3-9-15/h4-7,10-12,15H,1-3,8-9,13H2. The number of fused-ring (bicyclic) bond motifs is 1. The Hall–Kier alpha value is -2.23. The van der Waals surface area contributed by atoms with Gasteiger partial charge in [0.05, 0.1) is 0 Å². The van der Waals surface area contributed by atoms with E-state index in [1.807, 2.05) is 30.5 Å². The maximum absolute atomic E-state index is 14.1. The van der Waals surface area contributed by atoms with Crippen molar-refractivity contribution in [2.45, 2.75) is 44.6 Å². The molecule has 3 aromatic rings. The van der Waals surface area contributed by atoms with E-state index in [4.69, 9.17) is 4.98 Å². The van der Waals surface area contributed by atoms with Gasteiger partial charge in [-0.15, -0.1) is 0 Å². The van der Waals surface area contributed by atoms with Crippen molar-refractivity contribution in [1.82, 2.24) is 14.5 Å². The van der Waals surface area contributed by atoms with Crippen LogP contribution in [0.5, 0.6) is 0 Å². The molecule has 0 unspecified atom stereocenters. The van der Waals surface area contributed by atoms with Crippen LogP contribution in [0.4, 0.5) is 4.39 Å². The highest BCUT2D eigenvalue weighted by molar-refractivity contribution is 5.71. The summed E-state index contributed by atoms with van der Waals surface area (Å²) in [5.74, 6) is 0.762. The fourth-order valence-electron chi connectivity index (χ4n) is 3.64. The second kappa shape index (κ2) is 6.11. The first-order chi connectivity index (χ1) is 11.3. The van der Waals surface area contributed by atoms with Gasteiger partial charge in [0.1, 0.15) is 17.2 Å². The lowest BCUT2D eigenvalue weighted by molar-refractivity contribution is 0.352. The molecule has 2 heterocycles. The summed E-state index contributed by atoms with van der Waals surface area (Å²) in [5.41, 5.74) is 2.54. The SMILES string of the molecule is Fc1ccccc1Cc1nc2cccnc2n1C1CCCCC1. The normalized spacial score (nSPS) is 16.0. The summed E-state index contributed by atoms with van der Waals surface area (Å²) in [6.07, 6.45) is 8.44. The van der Waals surface area contributed by atoms with Crippen LogP contribution in [0.25, 0.3) is 11.2 Å². The van der Waals surface area contributed by atoms with E-state index in [9.17, 15) is 4.39 Å². The minimum atomic E-state index is -0.164. The van der Waals surface area contributed by atoms with E-state index < -0.39 is 0 Å². The van der Waals surface area contributed by atoms with Crippen molar-refractivity contribution >= 4 is 11.2 Å². The zero-order valence-electron chi connectivity index (χ0n) is 13.1. The first-order valence-corrected chi connectivity index (χ1v) is 8.38. The van der Waals surface area contributed by atoms with Crippen molar-refractivity contribution in [2.75, 3.05) is 0 Å². The maximum atomic E-state index is 14.1. The quantitative estimate of drug-likeness (QED) is 0.704. The van der Waals surface area contributed by atoms with Crippen molar-refractivity contribution in [3.8, 4) is 0 Å². The second-order valence-electron chi connectivity index (χ2n) is 6.30. The number of aromatic nitrogens is 3. The number of halogens is 1. The predicted octanol–water partition coefficient (Wildman–Crippen LogP) is 4.67. The molecule has 1 aliphatic rings. The molecule has 0 aliphatic heterocycles. The lowest BCUT2D eigenvalue weighted by atomic mass is 9.95. The molecule has 0 atom stereocenters. The van der Waals surface area contributed by atoms with Crippen LogP contribution < -0.4 is 0 Å². The summed E-state index contributed by atoms with van der Waals surface area (Å²) in [6.45, 7) is 0. The second-order valence-corrected chi connectivity index (χ2v) is 6.30. The molecule has 0 amide bonds. The molecule has 1 aliphatic carbocycles. The Morgan fingerprint density at radius 3 is 2.70 bits per heavy atom. The van der Waals surface area contributed by atoms with Gasteiger partial charge in [-0.2, -0.15) is 0 Å². The Morgan fingerprint density at radius 1 is 1.04 bits per heavy atom. The molecular weight excluding hydrogens is 289 g/mol. The minimum absolute atomic E-state index is 0.164. The van der Waals surface area contributed by atoms with Gasteiger partial charge in [0.15, 0.2) is 5.65 Å². The number of benzene rings is 1. The summed E-state index contributed by atoms with van der Waals surface area (Å²) in [7, 11) is 0. The van der Waals surface area contributed by atoms with Gasteiger partial charge in [-0.25, -0.2) is 14.4 Å². The van der Waals surface area contributed by atoms with Crippen LogP contribution in [-0.4, -0.2) is 14.5 Å². The zero-order valence-corrected chi connectivity index (χ0v) is 13.1. The van der Waals surface area contributed by atoms with Gasteiger partial charge in [-0.3, -0.25) is 0 Å². The van der Waals surface area contributed by atoms with Gasteiger partial charge in [0, 0.05) is 18.7 Å². The van der Waals surface area contributed by atoms with Gasteiger partial charge in [0.25, 0.3) is 0 Å². The van der Waals surface area contributed by atoms with Crippen LogP contribution >= 0.6 is 0 Å². The van der Waals surface area contributed by atoms with Gasteiger partial charge in [-0.1, -0.05) is 37.5 Å². The summed E-state index contributed by atoms with van der Waals surface area (Å²) in [6, 6.07) is 11.3. The zero-order chi connectivity index (χ0) is 15.6. The van der Waals surface area contributed by atoms with E-state index in [1.54, 1.807) is 6.07 Å². The number of nitrogens with zero attached hydrogens (tertiary/aromatic N) is 3. The van der Waals surface area contributed by atoms with Crippen LogP contribution in [0.2, 0.25) is 0 Å². The van der Waals surface area contributed by atoms with Gasteiger partial charge >= 0.3 is 0 Å². The molecule has 1 saturated carbocycles. The van der Waals surface area contributed by atoms with Gasteiger partial charge in [-0.05, 0) is 36.6 Å². The molecule has 0 bridgehead atoms. The van der Waals surface area contributed by atoms with Crippen molar-refractivity contribution in [3.05, 3.63) is 59.8 Å². The number of hydrogen-bond donors (Lipinski definition) is 0. The third-order valence-corrected chi connectivity index (χ3v) is 4.77. The Balaban J connectivity index is 1.80. The maximum Gasteiger partial charge on any atom is 0.160 e. The summed E-state index contributed by atoms with van der Waals surface area (Å²) < 4.78 is 16.3. The van der Waals surface area contributed by atoms with Crippen LogP contribution in [0.15, 0.2) is 42.6 Å². The summed E-state index contributed by atoms with van der Waals surface area (Å²) in [5, 5.41) is 0. The molecule has 4 rings (SSSR count). The summed E-state index contributed by atoms with van der Waals surface area (Å²) in [4.78, 5) is 9.31. The van der Waals surface area contributed by atoms with E-state index in [0.717, 1.165) is 29.8 Å². The molecule has 4 heteroatoms. The largest absolute Gasteiger partial charge is 0.309 e. The molecule has 1 fully saturated rings. The molecule has 118 valence electrons. The Bertz CT molecular complexity index is 818. The third kappa shape index (κ3) is 2.74. The molecule has 3 nitrogen and oxygen atoms in total. The highest BCUT2D eigenvalue weighted by Crippen LogP contribution is 2.32. The smallest absolute Gasteiger partial charge is 0.160 e. The van der Waals surface area contributed by atoms with Gasteiger partial charge in [0.2, 0.25) is 0 Å². The fourth-order valence-corrected chi connectivity index (χ4v) is 3.64. The van der Waals surface area contributed by atoms with E-state index in [2.05, 4.69) is 9.55 Å². The Morgan fingerprint density at radius 2 is 1.87 bits per heavy atom. The molecule has 0 saturated heterocycles. The van der Waals surface area contributed by atoms with Crippen molar-refractivity contribution in [3.63, 3.8) is 0 Å². The van der Waals surface area contributed by atoms with E-state index >= 15 is 0 Å². The number of pyridine rings is 1. The number of hydrogen-bond acceptors (Lipinski definition) is 2. The molecule has 0 N–H and O–H groups in total. The first-order valence-electron chi connectivity index (χ1n) is 8.38. The first kappa shape index (κ1) is 14.4. The van der Waals surface area contributed by atoms with Crippen molar-refractivity contribution in [1.29, 1.82) is 0 Å². The van der Waals surface area contributed by atoms with Crippen molar-refractivity contribution < 1.29 is 4.39 Å². The van der Waals surface area contributed by atoms with Crippen LogP contribution in [-0.2, 0) is 6.42 Å². The Kier molecular flexibility index (Phi) is 3.82. The molecular formula is C19H20FN3. The topological polar surface area (TPSA) is 30.7 Å². The molecule has 2 aromatic heterocycles. The van der Waals surface area contributed by atoms with Crippen LogP contribution in [0, 0.1) is 5.82 Å². The molecule has 1 aromatic carbocycles. The van der Waals surface area contributed by atoms with E-state index in [-0.39, 0.29) is 5.82 Å². The highest BCUT2D eigenvalue weighted by atomic mass is 19.1. The number of imidazole rings is 1. The third-order valence-electron chi connectivity index (χ3n) is 4.77. The van der Waals surface area contributed by atoms with Crippen LogP contribution in [0.1, 0.15) is 49.5 Å². The van der Waals surface area contributed by atoms with Gasteiger partial charge < -0.3 is 4.57 Å². The number of rotatable bonds is 3. The highest BCUT2D eigenvalue weighted by Gasteiger charge is 2.22. The van der Waals surface area contributed by atoms with E-state index in [0.29, 0.717) is 18.0 Å². The van der Waals surface area contributed by atoms with Crippen LogP contribution in [0.3, 0.4) is 0 Å². The Labute approximate surface area is 135 Å². The summed E-state index contributed by atoms with van der Waals surface area (Å²) >= 11 is 0. The average molecular weight is 309 g/mol. The average Bonchev–Trinajstić information content (AvgIpc) is 2.95. The lowest BCUT2D eigenvalue weighted by Gasteiger charge is -2.25. The predicted molar refractivity (Wildman–Crippen MR) is 88.9 cm³/mol. The monoisotopic (exact) mass is 309 g/mol. The fraction of sp³-hybridized carbons (Fsp3) is 0.368. The lowest BCUT2D eigenvalue weighted by Crippen LogP contribution is -2.16. The molecule has 0 spiro atoms. The van der Waals surface area contributed by atoms with E-state index in [1.165, 1.54) is 25.3 Å².